The molecule has 2 unspecified atom stereocenters. The second-order valence-electron chi connectivity index (χ2n) is 9.77. The van der Waals surface area contributed by atoms with Crippen molar-refractivity contribution < 1.29 is 39.0 Å². The summed E-state index contributed by atoms with van der Waals surface area (Å²) in [6.07, 6.45) is -2.10. The number of quaternary nitrogens is 2. The van der Waals surface area contributed by atoms with E-state index in [1.54, 1.807) is 12.1 Å². The number of carbonyl (C=O) groups is 2. The van der Waals surface area contributed by atoms with Crippen LogP contribution in [0, 0.1) is 0 Å². The van der Waals surface area contributed by atoms with Crippen LogP contribution in [0.15, 0.2) is 48.5 Å². The summed E-state index contributed by atoms with van der Waals surface area (Å²) in [4.78, 5) is 23.6. The van der Waals surface area contributed by atoms with E-state index in [-0.39, 0.29) is 22.8 Å². The Morgan fingerprint density at radius 1 is 0.719 bits per heavy atom. The van der Waals surface area contributed by atoms with Crippen molar-refractivity contribution in [3.63, 3.8) is 0 Å². The SMILES string of the molecule is C[N+](C)(C)CC(O)C(=O)c1ccc(O)cc1.C[N+](C)(C)CC(O)C(=O)c1ccccc1O. The first-order valence-electron chi connectivity index (χ1n) is 10.2. The number of para-hydroxylation sites is 1. The Morgan fingerprint density at radius 2 is 1.16 bits per heavy atom. The number of likely N-dealkylation sites (N-methyl/N-ethyl adjacent to an activating group) is 2. The molecule has 0 fully saturated rings. The van der Waals surface area contributed by atoms with Gasteiger partial charge in [-0.2, -0.15) is 0 Å². The maximum absolute atomic E-state index is 11.8. The number of hydrogen-bond acceptors (Lipinski definition) is 6. The molecule has 176 valence electrons. The van der Waals surface area contributed by atoms with Crippen molar-refractivity contribution >= 4 is 11.6 Å². The summed E-state index contributed by atoms with van der Waals surface area (Å²) < 4.78 is 1.01. The standard InChI is InChI=1S/2C12H17NO3/c1-13(2,3)8-11(15)12(16)9-4-6-10(14)7-5-9;1-13(2,3)8-11(15)12(16)9-6-4-5-7-10(9)14/h2*4-7,11,15H,8H2,1-3H3/p+2. The topological polar surface area (TPSA) is 115 Å². The molecule has 4 N–H and O–H groups in total. The number of aliphatic hydroxyl groups excluding tert-OH is 2. The van der Waals surface area contributed by atoms with Crippen LogP contribution in [0.25, 0.3) is 0 Å². The maximum Gasteiger partial charge on any atom is 0.200 e. The second-order valence-corrected chi connectivity index (χ2v) is 9.77. The first-order chi connectivity index (χ1) is 14.6. The number of ketones is 2. The quantitative estimate of drug-likeness (QED) is 0.357. The van der Waals surface area contributed by atoms with E-state index in [9.17, 15) is 24.9 Å². The lowest BCUT2D eigenvalue weighted by molar-refractivity contribution is -0.872. The summed E-state index contributed by atoms with van der Waals surface area (Å²) in [6.45, 7) is 0.673. The van der Waals surface area contributed by atoms with Gasteiger partial charge < -0.3 is 29.4 Å². The molecule has 0 aliphatic heterocycles. The number of aromatic hydroxyl groups is 2. The number of phenols is 2. The molecule has 32 heavy (non-hydrogen) atoms. The van der Waals surface area contributed by atoms with Crippen LogP contribution in [0.2, 0.25) is 0 Å². The Kier molecular flexibility index (Phi) is 9.53. The predicted molar refractivity (Wildman–Crippen MR) is 123 cm³/mol. The van der Waals surface area contributed by atoms with E-state index in [4.69, 9.17) is 5.11 Å². The average Bonchev–Trinajstić information content (AvgIpc) is 2.66. The lowest BCUT2D eigenvalue weighted by atomic mass is 10.0. The fourth-order valence-electron chi connectivity index (χ4n) is 2.88. The molecule has 0 aliphatic carbocycles. The van der Waals surface area contributed by atoms with Gasteiger partial charge in [0.2, 0.25) is 5.78 Å². The molecular weight excluding hydrogens is 412 g/mol. The third kappa shape index (κ3) is 9.57. The van der Waals surface area contributed by atoms with Gasteiger partial charge in [-0.05, 0) is 36.4 Å². The van der Waals surface area contributed by atoms with Crippen molar-refractivity contribution in [3.8, 4) is 11.5 Å². The fraction of sp³-hybridized carbons (Fsp3) is 0.417. The van der Waals surface area contributed by atoms with Gasteiger partial charge in [0.1, 0.15) is 24.6 Å². The highest BCUT2D eigenvalue weighted by atomic mass is 16.3. The molecule has 0 heterocycles. The largest absolute Gasteiger partial charge is 0.508 e. The van der Waals surface area contributed by atoms with Crippen LogP contribution >= 0.6 is 0 Å². The average molecular weight is 449 g/mol. The summed E-state index contributed by atoms with van der Waals surface area (Å²) in [6, 6.07) is 12.1. The smallest absolute Gasteiger partial charge is 0.200 e. The molecule has 0 saturated heterocycles. The lowest BCUT2D eigenvalue weighted by Gasteiger charge is -2.26. The predicted octanol–water partition coefficient (Wildman–Crippen LogP) is 1.28. The highest BCUT2D eigenvalue weighted by Gasteiger charge is 2.25. The first kappa shape index (κ1) is 27.3. The minimum absolute atomic E-state index is 0.0899. The van der Waals surface area contributed by atoms with Crippen LogP contribution in [0.5, 0.6) is 11.5 Å². The molecular formula is C24H36N2O6+2. The Hall–Kier alpha value is -2.78. The molecule has 2 rings (SSSR count). The summed E-state index contributed by atoms with van der Waals surface area (Å²) >= 11 is 0. The molecule has 0 saturated carbocycles. The van der Waals surface area contributed by atoms with E-state index in [2.05, 4.69) is 0 Å². The van der Waals surface area contributed by atoms with Gasteiger partial charge in [-0.1, -0.05) is 12.1 Å². The highest BCUT2D eigenvalue weighted by molar-refractivity contribution is 6.01. The summed E-state index contributed by atoms with van der Waals surface area (Å²) in [5, 5.41) is 38.1. The summed E-state index contributed by atoms with van der Waals surface area (Å²) in [5.41, 5.74) is 0.585. The minimum Gasteiger partial charge on any atom is -0.508 e. The van der Waals surface area contributed by atoms with Gasteiger partial charge in [-0.15, -0.1) is 0 Å². The van der Waals surface area contributed by atoms with Gasteiger partial charge in [0.15, 0.2) is 18.0 Å². The molecule has 0 amide bonds. The molecule has 2 aromatic carbocycles. The van der Waals surface area contributed by atoms with Gasteiger partial charge in [0, 0.05) is 5.56 Å². The van der Waals surface area contributed by atoms with E-state index in [1.165, 1.54) is 36.4 Å². The van der Waals surface area contributed by atoms with Gasteiger partial charge in [0.05, 0.1) is 47.8 Å². The molecule has 0 aliphatic rings. The number of phenolic OH excluding ortho intramolecular Hbond substituents is 2. The monoisotopic (exact) mass is 448 g/mol. The number of Topliss-reactive ketones (excluding diaryl/α,β-unsaturated/α-hetero) is 2. The molecule has 0 bridgehead atoms. The molecule has 0 radical (unpaired) electrons. The highest BCUT2D eigenvalue weighted by Crippen LogP contribution is 2.18. The number of rotatable bonds is 8. The molecule has 8 heteroatoms. The van der Waals surface area contributed by atoms with Gasteiger partial charge in [-0.25, -0.2) is 0 Å². The van der Waals surface area contributed by atoms with Gasteiger partial charge in [0.25, 0.3) is 0 Å². The second kappa shape index (κ2) is 11.2. The van der Waals surface area contributed by atoms with Crippen LogP contribution < -0.4 is 0 Å². The summed E-state index contributed by atoms with van der Waals surface area (Å²) in [5.74, 6) is -0.732. The number of nitrogens with zero attached hydrogens (tertiary/aromatic N) is 2. The van der Waals surface area contributed by atoms with E-state index in [1.807, 2.05) is 42.3 Å². The molecule has 0 aromatic heterocycles. The number of benzene rings is 2. The van der Waals surface area contributed by atoms with Crippen molar-refractivity contribution in [1.29, 1.82) is 0 Å². The van der Waals surface area contributed by atoms with Crippen molar-refractivity contribution in [3.05, 3.63) is 59.7 Å². The third-order valence-corrected chi connectivity index (χ3v) is 4.37. The number of carbonyl (C=O) groups excluding carboxylic acids is 2. The van der Waals surface area contributed by atoms with Crippen LogP contribution in [0.4, 0.5) is 0 Å². The van der Waals surface area contributed by atoms with Gasteiger partial charge >= 0.3 is 0 Å². The zero-order valence-corrected chi connectivity index (χ0v) is 19.7. The van der Waals surface area contributed by atoms with Crippen LogP contribution in [0.1, 0.15) is 20.7 Å². The van der Waals surface area contributed by atoms with Crippen LogP contribution in [0.3, 0.4) is 0 Å². The van der Waals surface area contributed by atoms with Crippen LogP contribution in [-0.4, -0.2) is 109 Å². The van der Waals surface area contributed by atoms with Crippen LogP contribution in [-0.2, 0) is 0 Å². The molecule has 8 nitrogen and oxygen atoms in total. The third-order valence-electron chi connectivity index (χ3n) is 4.37. The lowest BCUT2D eigenvalue weighted by Crippen LogP contribution is -2.44. The Labute approximate surface area is 189 Å². The Bertz CT molecular complexity index is 898. The van der Waals surface area contributed by atoms with E-state index < -0.39 is 18.0 Å². The number of aliphatic hydroxyl groups is 2. The molecule has 2 atom stereocenters. The van der Waals surface area contributed by atoms with Crippen molar-refractivity contribution in [1.82, 2.24) is 0 Å². The maximum atomic E-state index is 11.8. The first-order valence-corrected chi connectivity index (χ1v) is 10.2. The molecule has 2 aromatic rings. The van der Waals surface area contributed by atoms with Crippen molar-refractivity contribution in [2.45, 2.75) is 12.2 Å². The van der Waals surface area contributed by atoms with E-state index in [0.29, 0.717) is 27.6 Å². The zero-order valence-electron chi connectivity index (χ0n) is 19.7. The van der Waals surface area contributed by atoms with Crippen molar-refractivity contribution in [2.75, 3.05) is 55.4 Å². The zero-order chi connectivity index (χ0) is 24.7. The fourth-order valence-corrected chi connectivity index (χ4v) is 2.88. The van der Waals surface area contributed by atoms with E-state index in [0.717, 1.165) is 0 Å². The summed E-state index contributed by atoms with van der Waals surface area (Å²) in [7, 11) is 11.4. The Morgan fingerprint density at radius 3 is 1.59 bits per heavy atom. The minimum atomic E-state index is -1.09. The number of hydrogen-bond donors (Lipinski definition) is 4. The van der Waals surface area contributed by atoms with E-state index >= 15 is 0 Å². The molecule has 0 spiro atoms. The van der Waals surface area contributed by atoms with Gasteiger partial charge in [-0.3, -0.25) is 9.59 Å². The van der Waals surface area contributed by atoms with Crippen molar-refractivity contribution in [2.24, 2.45) is 0 Å². The Balaban J connectivity index is 0.000000320. The normalized spacial score (nSPS) is 13.5.